The number of hydrogen-bond donors (Lipinski definition) is 0. The fraction of sp³-hybridized carbons (Fsp3) is 0.163. The van der Waals surface area contributed by atoms with Crippen LogP contribution in [0, 0.1) is 44.6 Å². The second-order valence-electron chi connectivity index (χ2n) is 12.0. The van der Waals surface area contributed by atoms with E-state index < -0.39 is 25.0 Å². The van der Waals surface area contributed by atoms with Crippen molar-refractivity contribution in [3.05, 3.63) is 150 Å². The van der Waals surface area contributed by atoms with Crippen molar-refractivity contribution in [2.45, 2.75) is 40.9 Å². The van der Waals surface area contributed by atoms with Crippen molar-refractivity contribution in [2.75, 3.05) is 0 Å². The second kappa shape index (κ2) is 14.3. The molecular formula is C43H36FIrN3O-2. The Morgan fingerprint density at radius 2 is 1.67 bits per heavy atom. The smallest absolute Gasteiger partial charge is 0.126 e. The summed E-state index contributed by atoms with van der Waals surface area (Å²) >= 11 is 0. The number of aromatic nitrogens is 3. The van der Waals surface area contributed by atoms with Gasteiger partial charge < -0.3 is 14.0 Å². The van der Waals surface area contributed by atoms with Gasteiger partial charge in [0.2, 0.25) is 0 Å². The Bertz CT molecular complexity index is 2590. The van der Waals surface area contributed by atoms with E-state index in [4.69, 9.17) is 16.3 Å². The molecule has 0 aliphatic carbocycles. The first-order valence-electron chi connectivity index (χ1n) is 18.3. The van der Waals surface area contributed by atoms with Crippen LogP contribution in [0.25, 0.3) is 61.3 Å². The zero-order valence-electron chi connectivity index (χ0n) is 32.4. The van der Waals surface area contributed by atoms with Crippen LogP contribution in [-0.2, 0) is 26.5 Å². The average molecular weight is 827 g/mol. The van der Waals surface area contributed by atoms with Crippen molar-refractivity contribution in [3.8, 4) is 28.3 Å². The molecule has 247 valence electrons. The molecule has 3 heterocycles. The minimum absolute atomic E-state index is 0. The molecule has 0 bridgehead atoms. The summed E-state index contributed by atoms with van der Waals surface area (Å²) in [5, 5.41) is 1.48. The molecule has 0 aliphatic rings. The second-order valence-corrected chi connectivity index (χ2v) is 12.0. The monoisotopic (exact) mass is 827 g/mol. The molecule has 8 rings (SSSR count). The van der Waals surface area contributed by atoms with Gasteiger partial charge in [0.1, 0.15) is 11.4 Å². The molecule has 0 unspecified atom stereocenters. The van der Waals surface area contributed by atoms with Gasteiger partial charge in [0.15, 0.2) is 0 Å². The Hall–Kier alpha value is -4.90. The van der Waals surface area contributed by atoms with E-state index in [1.165, 1.54) is 41.2 Å². The summed E-state index contributed by atoms with van der Waals surface area (Å²) in [6.45, 7) is 5.19. The zero-order valence-corrected chi connectivity index (χ0v) is 29.8. The third-order valence-corrected chi connectivity index (χ3v) is 8.17. The molecule has 0 N–H and O–H groups in total. The van der Waals surface area contributed by atoms with Gasteiger partial charge in [-0.25, -0.2) is 4.39 Å². The Balaban J connectivity index is 0.000000187. The van der Waals surface area contributed by atoms with Gasteiger partial charge in [-0.2, -0.15) is 0 Å². The van der Waals surface area contributed by atoms with Crippen molar-refractivity contribution in [1.29, 1.82) is 0 Å². The van der Waals surface area contributed by atoms with E-state index in [1.54, 1.807) is 32.0 Å². The number of pyridine rings is 1. The summed E-state index contributed by atoms with van der Waals surface area (Å²) in [5.74, 6) is 0.0617. The number of halogens is 1. The molecule has 49 heavy (non-hydrogen) atoms. The molecule has 8 aromatic rings. The van der Waals surface area contributed by atoms with Crippen LogP contribution in [0.4, 0.5) is 4.39 Å². The maximum absolute atomic E-state index is 13.6. The van der Waals surface area contributed by atoms with Gasteiger partial charge in [-0.1, -0.05) is 66.8 Å². The largest absolute Gasteiger partial charge is 0.500 e. The Labute approximate surface area is 307 Å². The van der Waals surface area contributed by atoms with Crippen molar-refractivity contribution in [1.82, 2.24) is 14.5 Å². The van der Waals surface area contributed by atoms with Crippen LogP contribution in [0.1, 0.15) is 43.0 Å². The number of imidazole rings is 1. The molecule has 0 saturated heterocycles. The van der Waals surface area contributed by atoms with Crippen molar-refractivity contribution >= 4 is 33.0 Å². The topological polar surface area (TPSA) is 43.9 Å². The van der Waals surface area contributed by atoms with E-state index >= 15 is 0 Å². The molecule has 0 atom stereocenters. The van der Waals surface area contributed by atoms with Crippen LogP contribution in [0.3, 0.4) is 0 Å². The number of hydrogen-bond acceptors (Lipinski definition) is 3. The molecule has 4 nitrogen and oxygen atoms in total. The van der Waals surface area contributed by atoms with Crippen LogP contribution in [-0.4, -0.2) is 14.5 Å². The average Bonchev–Trinajstić information content (AvgIpc) is 3.70. The van der Waals surface area contributed by atoms with Gasteiger partial charge in [-0.05, 0) is 79.6 Å². The molecule has 0 aliphatic heterocycles. The molecule has 0 fully saturated rings. The van der Waals surface area contributed by atoms with Crippen LogP contribution in [0.15, 0.2) is 114 Å². The standard InChI is InChI=1S/C22H19FNO.C21H17N2.Ir/c1-13(2)9-15-10-20(24-12-14(15)3)19-6-4-5-18-17-8-7-16(23)11-21(17)25-22(18)19;1-15-9-8-10-16(2)20(15)23-19-14-7-6-13-18(19)22-21(23)17-11-4-3-5-12-17;/h4-5,7-8,10-13H,9H2,1-3H3;3-11,13-14H,1-2H3;/q2*-1;/i3D3,9D2;;. The number of fused-ring (bicyclic) bond motifs is 4. The van der Waals surface area contributed by atoms with Gasteiger partial charge >= 0.3 is 0 Å². The van der Waals surface area contributed by atoms with Gasteiger partial charge in [0.05, 0.1) is 22.4 Å². The number of rotatable bonds is 5. The predicted molar refractivity (Wildman–Crippen MR) is 194 cm³/mol. The van der Waals surface area contributed by atoms with E-state index in [9.17, 15) is 4.39 Å². The van der Waals surface area contributed by atoms with E-state index in [0.29, 0.717) is 22.4 Å². The number of aryl methyl sites for hydroxylation is 3. The van der Waals surface area contributed by atoms with Gasteiger partial charge in [-0.3, -0.25) is 4.98 Å². The third-order valence-electron chi connectivity index (χ3n) is 8.17. The summed E-state index contributed by atoms with van der Waals surface area (Å²) in [6.07, 6.45) is -0.681. The summed E-state index contributed by atoms with van der Waals surface area (Å²) in [7, 11) is 0. The predicted octanol–water partition coefficient (Wildman–Crippen LogP) is 11.2. The molecule has 1 radical (unpaired) electrons. The third kappa shape index (κ3) is 6.72. The van der Waals surface area contributed by atoms with Crippen LogP contribution in [0.2, 0.25) is 0 Å². The number of para-hydroxylation sites is 3. The van der Waals surface area contributed by atoms with E-state index in [-0.39, 0.29) is 31.2 Å². The summed E-state index contributed by atoms with van der Waals surface area (Å²) in [4.78, 5) is 9.17. The maximum atomic E-state index is 13.6. The molecule has 5 aromatic carbocycles. The summed E-state index contributed by atoms with van der Waals surface area (Å²) in [5.41, 5.74) is 8.37. The summed E-state index contributed by atoms with van der Waals surface area (Å²) in [6, 6.07) is 38.3. The van der Waals surface area contributed by atoms with Gasteiger partial charge in [-0.15, -0.1) is 54.1 Å². The van der Waals surface area contributed by atoms with Crippen LogP contribution >= 0.6 is 0 Å². The Morgan fingerprint density at radius 1 is 0.878 bits per heavy atom. The minimum atomic E-state index is -2.50. The first-order valence-corrected chi connectivity index (χ1v) is 15.8. The number of furan rings is 1. The van der Waals surface area contributed by atoms with Crippen molar-refractivity contribution < 1.29 is 35.8 Å². The number of nitrogens with zero attached hydrogens (tertiary/aromatic N) is 3. The molecule has 3 aromatic heterocycles. The minimum Gasteiger partial charge on any atom is -0.500 e. The van der Waals surface area contributed by atoms with Crippen LogP contribution < -0.4 is 0 Å². The fourth-order valence-corrected chi connectivity index (χ4v) is 6.05. The molecule has 0 saturated carbocycles. The first-order chi connectivity index (χ1) is 25.3. The normalized spacial score (nSPS) is 13.2. The fourth-order valence-electron chi connectivity index (χ4n) is 6.05. The van der Waals surface area contributed by atoms with Gasteiger partial charge in [0, 0.05) is 50.3 Å². The molecule has 0 spiro atoms. The quantitative estimate of drug-likeness (QED) is 0.162. The van der Waals surface area contributed by atoms with Crippen molar-refractivity contribution in [3.63, 3.8) is 0 Å². The zero-order chi connectivity index (χ0) is 37.7. The first kappa shape index (κ1) is 28.0. The van der Waals surface area contributed by atoms with E-state index in [0.717, 1.165) is 33.2 Å². The molecule has 0 amide bonds. The SMILES string of the molecule is Cc1cccc(C)c1-n1c(-c2[c-]cccc2)nc2ccccc21.[2H]C([2H])([2H])c1cnc(-c2[c-]ccc3c2oc2cc(F)ccc23)cc1C([2H])([2H])C(C)C.[Ir]. The Kier molecular flexibility index (Phi) is 8.17. The van der Waals surface area contributed by atoms with Crippen LogP contribution in [0.5, 0.6) is 0 Å². The molecular weight excluding hydrogens is 786 g/mol. The Morgan fingerprint density at radius 3 is 2.43 bits per heavy atom. The van der Waals surface area contributed by atoms with Crippen molar-refractivity contribution in [2.24, 2.45) is 5.92 Å². The summed E-state index contributed by atoms with van der Waals surface area (Å²) < 4.78 is 62.1. The molecule has 6 heteroatoms. The van der Waals surface area contributed by atoms with E-state index in [2.05, 4.69) is 78.0 Å². The van der Waals surface area contributed by atoms with E-state index in [1.807, 2.05) is 24.3 Å². The number of benzene rings is 5. The maximum Gasteiger partial charge on any atom is 0.126 e. The van der Waals surface area contributed by atoms with Gasteiger partial charge in [0.25, 0.3) is 0 Å².